The largest absolute Gasteiger partial charge is 0.435 e. The first-order valence-electron chi connectivity index (χ1n) is 3.65. The Morgan fingerprint density at radius 2 is 2.13 bits per heavy atom. The molecule has 82 valence electrons. The zero-order valence-corrected chi connectivity index (χ0v) is 8.76. The SMILES string of the molecule is Nc1cnc(C(=O)CBr)c(C(F)(F)F)n1. The van der Waals surface area contributed by atoms with E-state index in [1.807, 2.05) is 0 Å². The quantitative estimate of drug-likeness (QED) is 0.662. The second kappa shape index (κ2) is 4.13. The molecule has 0 atom stereocenters. The van der Waals surface area contributed by atoms with Gasteiger partial charge in [-0.25, -0.2) is 9.97 Å². The van der Waals surface area contributed by atoms with E-state index in [2.05, 4.69) is 25.9 Å². The van der Waals surface area contributed by atoms with Crippen molar-refractivity contribution in [2.45, 2.75) is 6.18 Å². The molecule has 0 saturated carbocycles. The first-order chi connectivity index (χ1) is 6.86. The molecule has 0 bridgehead atoms. The molecule has 0 amide bonds. The van der Waals surface area contributed by atoms with Crippen molar-refractivity contribution < 1.29 is 18.0 Å². The summed E-state index contributed by atoms with van der Waals surface area (Å²) in [4.78, 5) is 17.5. The molecule has 0 spiro atoms. The minimum absolute atomic E-state index is 0.255. The van der Waals surface area contributed by atoms with Crippen LogP contribution in [0.25, 0.3) is 0 Å². The number of rotatable bonds is 2. The number of alkyl halides is 4. The highest BCUT2D eigenvalue weighted by molar-refractivity contribution is 9.09. The van der Waals surface area contributed by atoms with Gasteiger partial charge >= 0.3 is 6.18 Å². The third-order valence-electron chi connectivity index (χ3n) is 1.45. The van der Waals surface area contributed by atoms with Crippen molar-refractivity contribution in [2.75, 3.05) is 11.1 Å². The van der Waals surface area contributed by atoms with Gasteiger partial charge in [0.1, 0.15) is 11.5 Å². The summed E-state index contributed by atoms with van der Waals surface area (Å²) in [6.45, 7) is 0. The second-order valence-corrected chi connectivity index (χ2v) is 3.11. The van der Waals surface area contributed by atoms with Crippen molar-refractivity contribution in [3.05, 3.63) is 17.6 Å². The smallest absolute Gasteiger partial charge is 0.382 e. The van der Waals surface area contributed by atoms with Crippen LogP contribution in [-0.2, 0) is 6.18 Å². The van der Waals surface area contributed by atoms with Crippen LogP contribution in [0.3, 0.4) is 0 Å². The number of hydrogen-bond acceptors (Lipinski definition) is 4. The Hall–Kier alpha value is -1.18. The first kappa shape index (κ1) is 11.9. The third-order valence-corrected chi connectivity index (χ3v) is 1.95. The first-order valence-corrected chi connectivity index (χ1v) is 4.77. The van der Waals surface area contributed by atoms with Crippen molar-refractivity contribution in [1.82, 2.24) is 9.97 Å². The molecule has 0 fully saturated rings. The van der Waals surface area contributed by atoms with Crippen LogP contribution in [0.2, 0.25) is 0 Å². The zero-order valence-electron chi connectivity index (χ0n) is 7.18. The van der Waals surface area contributed by atoms with E-state index in [9.17, 15) is 18.0 Å². The Bertz CT molecular complexity index is 394. The molecule has 1 heterocycles. The lowest BCUT2D eigenvalue weighted by molar-refractivity contribution is -0.141. The standard InChI is InChI=1S/C7H5BrF3N3O/c8-1-3(15)5-6(7(9,10)11)14-4(12)2-13-5/h2H,1H2,(H2,12,14). The molecule has 0 aromatic carbocycles. The van der Waals surface area contributed by atoms with Gasteiger partial charge in [0.05, 0.1) is 11.5 Å². The predicted molar refractivity (Wildman–Crippen MR) is 49.6 cm³/mol. The van der Waals surface area contributed by atoms with Gasteiger partial charge < -0.3 is 5.73 Å². The van der Waals surface area contributed by atoms with E-state index in [1.54, 1.807) is 0 Å². The summed E-state index contributed by atoms with van der Waals surface area (Å²) >= 11 is 2.75. The fourth-order valence-corrected chi connectivity index (χ4v) is 1.13. The summed E-state index contributed by atoms with van der Waals surface area (Å²) in [5, 5.41) is -0.255. The molecule has 1 aromatic heterocycles. The molecule has 0 aliphatic carbocycles. The van der Waals surface area contributed by atoms with Gasteiger partial charge in [0.25, 0.3) is 0 Å². The third kappa shape index (κ3) is 2.65. The van der Waals surface area contributed by atoms with Crippen LogP contribution < -0.4 is 5.73 Å². The van der Waals surface area contributed by atoms with E-state index < -0.39 is 23.3 Å². The van der Waals surface area contributed by atoms with E-state index in [-0.39, 0.29) is 11.1 Å². The molecule has 1 aromatic rings. The molecular weight excluding hydrogens is 279 g/mol. The molecule has 0 aliphatic heterocycles. The molecule has 0 unspecified atom stereocenters. The minimum Gasteiger partial charge on any atom is -0.382 e. The Labute approximate surface area is 90.8 Å². The summed E-state index contributed by atoms with van der Waals surface area (Å²) in [6, 6.07) is 0. The predicted octanol–water partition coefficient (Wildman–Crippen LogP) is 1.66. The highest BCUT2D eigenvalue weighted by Crippen LogP contribution is 2.30. The number of ketones is 1. The maximum atomic E-state index is 12.4. The van der Waals surface area contributed by atoms with Crippen LogP contribution in [0.4, 0.5) is 19.0 Å². The molecule has 4 nitrogen and oxygen atoms in total. The van der Waals surface area contributed by atoms with Gasteiger partial charge in [0.2, 0.25) is 0 Å². The summed E-state index contributed by atoms with van der Waals surface area (Å²) in [5.74, 6) is -1.18. The van der Waals surface area contributed by atoms with Gasteiger partial charge in [-0.2, -0.15) is 13.2 Å². The van der Waals surface area contributed by atoms with Crippen LogP contribution in [0.1, 0.15) is 16.2 Å². The van der Waals surface area contributed by atoms with Crippen LogP contribution in [0.5, 0.6) is 0 Å². The topological polar surface area (TPSA) is 68.9 Å². The van der Waals surface area contributed by atoms with Gasteiger partial charge in [-0.3, -0.25) is 4.79 Å². The zero-order chi connectivity index (χ0) is 11.6. The summed E-state index contributed by atoms with van der Waals surface area (Å²) in [6.07, 6.45) is -3.83. The Kier molecular flexibility index (Phi) is 3.28. The Morgan fingerprint density at radius 3 is 2.60 bits per heavy atom. The van der Waals surface area contributed by atoms with Gasteiger partial charge in [-0.15, -0.1) is 0 Å². The average Bonchev–Trinajstić information content (AvgIpc) is 2.15. The number of carbonyl (C=O) groups is 1. The maximum Gasteiger partial charge on any atom is 0.435 e. The Morgan fingerprint density at radius 1 is 1.53 bits per heavy atom. The van der Waals surface area contributed by atoms with Crippen molar-refractivity contribution in [1.29, 1.82) is 0 Å². The van der Waals surface area contributed by atoms with E-state index >= 15 is 0 Å². The minimum atomic E-state index is -4.74. The number of anilines is 1. The lowest BCUT2D eigenvalue weighted by atomic mass is 10.2. The van der Waals surface area contributed by atoms with Gasteiger partial charge in [0, 0.05) is 0 Å². The average molecular weight is 284 g/mol. The fourth-order valence-electron chi connectivity index (χ4n) is 0.868. The molecule has 2 N–H and O–H groups in total. The van der Waals surface area contributed by atoms with Crippen molar-refractivity contribution in [3.63, 3.8) is 0 Å². The molecule has 0 aliphatic rings. The number of nitrogens with two attached hydrogens (primary N) is 1. The van der Waals surface area contributed by atoms with Gasteiger partial charge in [0.15, 0.2) is 11.5 Å². The van der Waals surface area contributed by atoms with Crippen LogP contribution >= 0.6 is 15.9 Å². The van der Waals surface area contributed by atoms with Crippen LogP contribution in [-0.4, -0.2) is 21.1 Å². The number of aromatic nitrogens is 2. The number of halogens is 4. The number of Topliss-reactive ketones (excluding diaryl/α,β-unsaturated/α-hetero) is 1. The van der Waals surface area contributed by atoms with Crippen LogP contribution in [0.15, 0.2) is 6.20 Å². The second-order valence-electron chi connectivity index (χ2n) is 2.55. The van der Waals surface area contributed by atoms with E-state index in [4.69, 9.17) is 5.73 Å². The fraction of sp³-hybridized carbons (Fsp3) is 0.286. The van der Waals surface area contributed by atoms with Crippen LogP contribution in [0, 0.1) is 0 Å². The molecule has 1 rings (SSSR count). The van der Waals surface area contributed by atoms with Crippen molar-refractivity contribution in [3.8, 4) is 0 Å². The van der Waals surface area contributed by atoms with Gasteiger partial charge in [-0.05, 0) is 0 Å². The lowest BCUT2D eigenvalue weighted by Gasteiger charge is -2.09. The van der Waals surface area contributed by atoms with Crippen molar-refractivity contribution in [2.24, 2.45) is 0 Å². The molecule has 0 saturated heterocycles. The number of nitrogen functional groups attached to an aromatic ring is 1. The van der Waals surface area contributed by atoms with E-state index in [1.165, 1.54) is 0 Å². The molecular formula is C7H5BrF3N3O. The normalized spacial score (nSPS) is 11.5. The van der Waals surface area contributed by atoms with Gasteiger partial charge in [-0.1, -0.05) is 15.9 Å². The monoisotopic (exact) mass is 283 g/mol. The molecule has 0 radical (unpaired) electrons. The highest BCUT2D eigenvalue weighted by Gasteiger charge is 2.38. The molecule has 8 heteroatoms. The number of hydrogen-bond donors (Lipinski definition) is 1. The maximum absolute atomic E-state index is 12.4. The number of carbonyl (C=O) groups excluding carboxylic acids is 1. The summed E-state index contributed by atoms with van der Waals surface area (Å²) in [7, 11) is 0. The van der Waals surface area contributed by atoms with Crippen molar-refractivity contribution >= 4 is 27.5 Å². The summed E-state index contributed by atoms with van der Waals surface area (Å²) in [5.41, 5.74) is 2.99. The summed E-state index contributed by atoms with van der Waals surface area (Å²) < 4.78 is 37.2. The highest BCUT2D eigenvalue weighted by atomic mass is 79.9. The lowest BCUT2D eigenvalue weighted by Crippen LogP contribution is -2.18. The van der Waals surface area contributed by atoms with E-state index in [0.29, 0.717) is 0 Å². The number of nitrogens with zero attached hydrogens (tertiary/aromatic N) is 2. The molecule has 15 heavy (non-hydrogen) atoms. The Balaban J connectivity index is 3.33. The van der Waals surface area contributed by atoms with E-state index in [0.717, 1.165) is 6.20 Å².